The molecule has 3 rings (SSSR count). The van der Waals surface area contributed by atoms with Crippen molar-refractivity contribution in [3.8, 4) is 11.5 Å². The summed E-state index contributed by atoms with van der Waals surface area (Å²) in [6.07, 6.45) is 4.70. The number of pyridine rings is 1. The van der Waals surface area contributed by atoms with Gasteiger partial charge in [-0.15, -0.1) is 0 Å². The lowest BCUT2D eigenvalue weighted by Gasteiger charge is -2.27. The van der Waals surface area contributed by atoms with E-state index in [1.807, 2.05) is 44.7 Å². The van der Waals surface area contributed by atoms with E-state index in [0.29, 0.717) is 12.6 Å². The zero-order chi connectivity index (χ0) is 16.2. The quantitative estimate of drug-likeness (QED) is 0.917. The second-order valence-electron chi connectivity index (χ2n) is 5.97. The fourth-order valence-electron chi connectivity index (χ4n) is 2.86. The van der Waals surface area contributed by atoms with Gasteiger partial charge in [0.15, 0.2) is 0 Å². The molecule has 0 amide bonds. The molecule has 5 heteroatoms. The van der Waals surface area contributed by atoms with Crippen LogP contribution in [-0.2, 0) is 13.0 Å². The van der Waals surface area contributed by atoms with E-state index in [4.69, 9.17) is 9.47 Å². The Hall–Kier alpha value is -2.27. The van der Waals surface area contributed by atoms with Crippen LogP contribution in [0.15, 0.2) is 36.7 Å². The second-order valence-corrected chi connectivity index (χ2v) is 5.97. The maximum absolute atomic E-state index is 5.88. The number of aromatic nitrogens is 1. The standard InChI is InChI=1S/C18H23N3O2/c1-21(2)17-6-7-19-10-14(17)11-20-15-8-13-4-5-16(22-3)9-18(13)23-12-15/h4-7,9-10,15,20H,8,11-12H2,1-3H3. The normalized spacial score (nSPS) is 16.4. The molecule has 1 N–H and O–H groups in total. The van der Waals surface area contributed by atoms with Crippen molar-refractivity contribution in [2.45, 2.75) is 19.0 Å². The van der Waals surface area contributed by atoms with Gasteiger partial charge in [0.2, 0.25) is 0 Å². The van der Waals surface area contributed by atoms with E-state index >= 15 is 0 Å². The zero-order valence-corrected chi connectivity index (χ0v) is 13.9. The first-order chi connectivity index (χ1) is 11.2. The van der Waals surface area contributed by atoms with Crippen LogP contribution in [0.25, 0.3) is 0 Å². The minimum Gasteiger partial charge on any atom is -0.497 e. The van der Waals surface area contributed by atoms with Crippen LogP contribution in [0.4, 0.5) is 5.69 Å². The van der Waals surface area contributed by atoms with Gasteiger partial charge in [0.1, 0.15) is 18.1 Å². The van der Waals surface area contributed by atoms with E-state index in [-0.39, 0.29) is 0 Å². The van der Waals surface area contributed by atoms with Crippen molar-refractivity contribution in [2.24, 2.45) is 0 Å². The Labute approximate surface area is 137 Å². The van der Waals surface area contributed by atoms with Crippen LogP contribution < -0.4 is 19.7 Å². The highest BCUT2D eigenvalue weighted by Crippen LogP contribution is 2.29. The molecule has 122 valence electrons. The summed E-state index contributed by atoms with van der Waals surface area (Å²) in [6.45, 7) is 1.44. The average Bonchev–Trinajstić information content (AvgIpc) is 2.59. The summed E-state index contributed by atoms with van der Waals surface area (Å²) in [4.78, 5) is 6.34. The summed E-state index contributed by atoms with van der Waals surface area (Å²) in [7, 11) is 5.77. The minimum atomic E-state index is 0.297. The maximum Gasteiger partial charge on any atom is 0.126 e. The topological polar surface area (TPSA) is 46.6 Å². The van der Waals surface area contributed by atoms with Gasteiger partial charge in [0.05, 0.1) is 7.11 Å². The summed E-state index contributed by atoms with van der Waals surface area (Å²) in [5, 5.41) is 3.58. The second kappa shape index (κ2) is 6.87. The number of fused-ring (bicyclic) bond motifs is 1. The lowest BCUT2D eigenvalue weighted by atomic mass is 10.0. The Morgan fingerprint density at radius 3 is 3.00 bits per heavy atom. The van der Waals surface area contributed by atoms with E-state index in [0.717, 1.165) is 24.5 Å². The minimum absolute atomic E-state index is 0.297. The van der Waals surface area contributed by atoms with Crippen molar-refractivity contribution >= 4 is 5.69 Å². The van der Waals surface area contributed by atoms with Gasteiger partial charge in [-0.1, -0.05) is 6.07 Å². The molecular formula is C18H23N3O2. The molecule has 1 aromatic heterocycles. The van der Waals surface area contributed by atoms with Crippen LogP contribution in [0.1, 0.15) is 11.1 Å². The number of ether oxygens (including phenoxy) is 2. The Kier molecular flexibility index (Phi) is 4.67. The van der Waals surface area contributed by atoms with E-state index < -0.39 is 0 Å². The van der Waals surface area contributed by atoms with Crippen molar-refractivity contribution in [3.63, 3.8) is 0 Å². The molecule has 5 nitrogen and oxygen atoms in total. The van der Waals surface area contributed by atoms with Crippen LogP contribution in [-0.4, -0.2) is 38.8 Å². The predicted octanol–water partition coefficient (Wildman–Crippen LogP) is 2.25. The molecule has 1 aromatic carbocycles. The molecule has 0 radical (unpaired) electrons. The third-order valence-electron chi connectivity index (χ3n) is 4.12. The fourth-order valence-corrected chi connectivity index (χ4v) is 2.86. The van der Waals surface area contributed by atoms with Crippen molar-refractivity contribution < 1.29 is 9.47 Å². The molecule has 0 saturated carbocycles. The van der Waals surface area contributed by atoms with Crippen LogP contribution in [0.2, 0.25) is 0 Å². The van der Waals surface area contributed by atoms with Crippen LogP contribution in [0.5, 0.6) is 11.5 Å². The first kappa shape index (κ1) is 15.6. The summed E-state index contributed by atoms with van der Waals surface area (Å²) >= 11 is 0. The van der Waals surface area contributed by atoms with E-state index in [2.05, 4.69) is 21.3 Å². The molecule has 23 heavy (non-hydrogen) atoms. The smallest absolute Gasteiger partial charge is 0.126 e. The Bertz CT molecular complexity index is 673. The third kappa shape index (κ3) is 3.56. The molecule has 0 aliphatic carbocycles. The van der Waals surface area contributed by atoms with Crippen molar-refractivity contribution in [1.82, 2.24) is 10.3 Å². The van der Waals surface area contributed by atoms with Gasteiger partial charge in [0.25, 0.3) is 0 Å². The first-order valence-corrected chi connectivity index (χ1v) is 7.80. The number of anilines is 1. The zero-order valence-electron chi connectivity index (χ0n) is 13.9. The number of rotatable bonds is 5. The third-order valence-corrected chi connectivity index (χ3v) is 4.12. The number of methoxy groups -OCH3 is 1. The lowest BCUT2D eigenvalue weighted by Crippen LogP contribution is -2.39. The summed E-state index contributed by atoms with van der Waals surface area (Å²) < 4.78 is 11.1. The molecule has 1 unspecified atom stereocenters. The molecule has 0 saturated heterocycles. The van der Waals surface area contributed by atoms with E-state index in [1.54, 1.807) is 7.11 Å². The highest BCUT2D eigenvalue weighted by atomic mass is 16.5. The number of hydrogen-bond donors (Lipinski definition) is 1. The highest BCUT2D eigenvalue weighted by Gasteiger charge is 2.20. The number of benzene rings is 1. The Morgan fingerprint density at radius 1 is 1.35 bits per heavy atom. The molecule has 0 spiro atoms. The number of hydrogen-bond acceptors (Lipinski definition) is 5. The molecular weight excluding hydrogens is 290 g/mol. The van der Waals surface area contributed by atoms with Crippen molar-refractivity contribution in [1.29, 1.82) is 0 Å². The lowest BCUT2D eigenvalue weighted by molar-refractivity contribution is 0.237. The number of nitrogens with zero attached hydrogens (tertiary/aromatic N) is 2. The predicted molar refractivity (Wildman–Crippen MR) is 91.4 cm³/mol. The van der Waals surface area contributed by atoms with Gasteiger partial charge in [0, 0.05) is 56.4 Å². The van der Waals surface area contributed by atoms with Gasteiger partial charge >= 0.3 is 0 Å². The van der Waals surface area contributed by atoms with Gasteiger partial charge in [-0.2, -0.15) is 0 Å². The largest absolute Gasteiger partial charge is 0.497 e. The first-order valence-electron chi connectivity index (χ1n) is 7.80. The van der Waals surface area contributed by atoms with Crippen molar-refractivity contribution in [3.05, 3.63) is 47.8 Å². The van der Waals surface area contributed by atoms with Gasteiger partial charge < -0.3 is 19.7 Å². The monoisotopic (exact) mass is 313 g/mol. The Morgan fingerprint density at radius 2 is 2.22 bits per heavy atom. The Balaban J connectivity index is 1.64. The fraction of sp³-hybridized carbons (Fsp3) is 0.389. The molecule has 0 fully saturated rings. The number of nitrogens with one attached hydrogen (secondary N) is 1. The SMILES string of the molecule is COc1ccc2c(c1)OCC(NCc1cnccc1N(C)C)C2. The van der Waals surface area contributed by atoms with E-state index in [1.165, 1.54) is 16.8 Å². The van der Waals surface area contributed by atoms with Crippen molar-refractivity contribution in [2.75, 3.05) is 32.7 Å². The maximum atomic E-state index is 5.88. The average molecular weight is 313 g/mol. The molecule has 2 heterocycles. The molecule has 1 atom stereocenters. The highest BCUT2D eigenvalue weighted by molar-refractivity contribution is 5.50. The van der Waals surface area contributed by atoms with Gasteiger partial charge in [-0.3, -0.25) is 4.98 Å². The van der Waals surface area contributed by atoms with Gasteiger partial charge in [-0.05, 0) is 24.1 Å². The van der Waals surface area contributed by atoms with E-state index in [9.17, 15) is 0 Å². The van der Waals surface area contributed by atoms with Crippen LogP contribution >= 0.6 is 0 Å². The summed E-state index contributed by atoms with van der Waals surface area (Å²) in [5.41, 5.74) is 3.60. The molecule has 0 bridgehead atoms. The van der Waals surface area contributed by atoms with Gasteiger partial charge in [-0.25, -0.2) is 0 Å². The van der Waals surface area contributed by atoms with Crippen LogP contribution in [0.3, 0.4) is 0 Å². The molecule has 1 aliphatic heterocycles. The summed E-state index contributed by atoms with van der Waals surface area (Å²) in [6, 6.07) is 8.35. The molecule has 1 aliphatic rings. The van der Waals surface area contributed by atoms with Crippen LogP contribution in [0, 0.1) is 0 Å². The summed E-state index contributed by atoms with van der Waals surface area (Å²) in [5.74, 6) is 1.76. The molecule has 2 aromatic rings.